The van der Waals surface area contributed by atoms with Gasteiger partial charge in [0.15, 0.2) is 0 Å². The molecular formula is C14H23ClN6. The first kappa shape index (κ1) is 16.0. The molecule has 0 radical (unpaired) electrons. The van der Waals surface area contributed by atoms with E-state index in [-0.39, 0.29) is 6.04 Å². The fourth-order valence-electron chi connectivity index (χ4n) is 2.68. The van der Waals surface area contributed by atoms with E-state index in [1.807, 2.05) is 37.3 Å². The molecular weight excluding hydrogens is 288 g/mol. The van der Waals surface area contributed by atoms with Gasteiger partial charge in [-0.1, -0.05) is 11.6 Å². The predicted molar refractivity (Wildman–Crippen MR) is 84.2 cm³/mol. The van der Waals surface area contributed by atoms with Crippen LogP contribution >= 0.6 is 11.6 Å². The standard InChI is InChI=1S/C14H23ClN6/c1-8-12(10(3)20(4)18-8)6-11(17-16)7-13-14(15)9(2)19-21(13)5/h11,17H,6-7,16H2,1-5H3. The minimum Gasteiger partial charge on any atom is -0.272 e. The normalized spacial score (nSPS) is 12.9. The zero-order valence-electron chi connectivity index (χ0n) is 13.2. The molecule has 0 amide bonds. The van der Waals surface area contributed by atoms with Gasteiger partial charge in [0.2, 0.25) is 0 Å². The molecule has 3 N–H and O–H groups in total. The van der Waals surface area contributed by atoms with Gasteiger partial charge < -0.3 is 0 Å². The Morgan fingerprint density at radius 2 is 1.71 bits per heavy atom. The smallest absolute Gasteiger partial charge is 0.0847 e. The molecule has 0 fully saturated rings. The third-order valence-electron chi connectivity index (χ3n) is 4.05. The Morgan fingerprint density at radius 3 is 2.14 bits per heavy atom. The molecule has 0 aliphatic rings. The Kier molecular flexibility index (Phi) is 4.70. The second kappa shape index (κ2) is 6.17. The van der Waals surface area contributed by atoms with Crippen molar-refractivity contribution in [1.29, 1.82) is 0 Å². The van der Waals surface area contributed by atoms with Crippen LogP contribution < -0.4 is 11.3 Å². The summed E-state index contributed by atoms with van der Waals surface area (Å²) in [6, 6.07) is 0.0823. The van der Waals surface area contributed by atoms with E-state index >= 15 is 0 Å². The van der Waals surface area contributed by atoms with Crippen LogP contribution in [0.1, 0.15) is 28.3 Å². The van der Waals surface area contributed by atoms with Gasteiger partial charge in [-0.15, -0.1) is 0 Å². The summed E-state index contributed by atoms with van der Waals surface area (Å²) in [6.07, 6.45) is 1.53. The lowest BCUT2D eigenvalue weighted by molar-refractivity contribution is 0.503. The third kappa shape index (κ3) is 3.12. The molecule has 7 heteroatoms. The number of nitrogens with zero attached hydrogens (tertiary/aromatic N) is 4. The van der Waals surface area contributed by atoms with Gasteiger partial charge in [0.1, 0.15) is 0 Å². The van der Waals surface area contributed by atoms with E-state index in [9.17, 15) is 0 Å². The molecule has 0 bridgehead atoms. The average Bonchev–Trinajstić information content (AvgIpc) is 2.81. The fourth-order valence-corrected chi connectivity index (χ4v) is 2.92. The number of hydrogen-bond donors (Lipinski definition) is 2. The lowest BCUT2D eigenvalue weighted by Gasteiger charge is -2.16. The van der Waals surface area contributed by atoms with Crippen molar-refractivity contribution in [2.24, 2.45) is 19.9 Å². The maximum absolute atomic E-state index is 6.32. The Morgan fingerprint density at radius 1 is 1.10 bits per heavy atom. The number of hydrogen-bond acceptors (Lipinski definition) is 4. The van der Waals surface area contributed by atoms with Crippen molar-refractivity contribution in [1.82, 2.24) is 25.0 Å². The van der Waals surface area contributed by atoms with Crippen molar-refractivity contribution in [3.63, 3.8) is 0 Å². The predicted octanol–water partition coefficient (Wildman–Crippen LogP) is 1.35. The van der Waals surface area contributed by atoms with E-state index in [0.717, 1.165) is 34.9 Å². The molecule has 0 aromatic carbocycles. The Hall–Kier alpha value is -1.37. The number of nitrogens with one attached hydrogen (secondary N) is 1. The van der Waals surface area contributed by atoms with Crippen LogP contribution in [0.25, 0.3) is 0 Å². The van der Waals surface area contributed by atoms with Crippen LogP contribution in [-0.4, -0.2) is 25.6 Å². The van der Waals surface area contributed by atoms with Crippen molar-refractivity contribution in [3.8, 4) is 0 Å². The monoisotopic (exact) mass is 310 g/mol. The van der Waals surface area contributed by atoms with Crippen molar-refractivity contribution in [2.45, 2.75) is 39.7 Å². The van der Waals surface area contributed by atoms with Gasteiger partial charge in [-0.25, -0.2) is 0 Å². The maximum Gasteiger partial charge on any atom is 0.0847 e. The molecule has 2 aromatic rings. The largest absolute Gasteiger partial charge is 0.272 e. The summed E-state index contributed by atoms with van der Waals surface area (Å²) in [5.74, 6) is 5.73. The number of nitrogens with two attached hydrogens (primary N) is 1. The van der Waals surface area contributed by atoms with Crippen LogP contribution in [0.4, 0.5) is 0 Å². The van der Waals surface area contributed by atoms with Gasteiger partial charge in [0.25, 0.3) is 0 Å². The highest BCUT2D eigenvalue weighted by molar-refractivity contribution is 6.31. The van der Waals surface area contributed by atoms with Crippen molar-refractivity contribution in [2.75, 3.05) is 0 Å². The summed E-state index contributed by atoms with van der Waals surface area (Å²) in [6.45, 7) is 6.01. The Labute approximate surface area is 130 Å². The molecule has 1 unspecified atom stereocenters. The molecule has 2 aromatic heterocycles. The zero-order chi connectivity index (χ0) is 15.7. The second-order valence-corrected chi connectivity index (χ2v) is 5.89. The van der Waals surface area contributed by atoms with Gasteiger partial charge >= 0.3 is 0 Å². The van der Waals surface area contributed by atoms with Crippen LogP contribution in [0.3, 0.4) is 0 Å². The van der Waals surface area contributed by atoms with E-state index in [0.29, 0.717) is 0 Å². The molecule has 21 heavy (non-hydrogen) atoms. The summed E-state index contributed by atoms with van der Waals surface area (Å²) in [4.78, 5) is 0. The van der Waals surface area contributed by atoms with Crippen molar-refractivity contribution >= 4 is 11.6 Å². The number of aromatic nitrogens is 4. The molecule has 116 valence electrons. The molecule has 6 nitrogen and oxygen atoms in total. The number of halogens is 1. The highest BCUT2D eigenvalue weighted by Crippen LogP contribution is 2.22. The molecule has 1 atom stereocenters. The zero-order valence-corrected chi connectivity index (χ0v) is 14.0. The first-order chi connectivity index (χ1) is 9.85. The fraction of sp³-hybridized carbons (Fsp3) is 0.571. The molecule has 2 rings (SSSR count). The van der Waals surface area contributed by atoms with Crippen molar-refractivity contribution < 1.29 is 0 Å². The maximum atomic E-state index is 6.32. The van der Waals surface area contributed by atoms with E-state index < -0.39 is 0 Å². The molecule has 0 saturated heterocycles. The van der Waals surface area contributed by atoms with E-state index in [2.05, 4.69) is 22.5 Å². The summed E-state index contributed by atoms with van der Waals surface area (Å²) in [5, 5.41) is 9.51. The van der Waals surface area contributed by atoms with E-state index in [1.54, 1.807) is 0 Å². The molecule has 2 heterocycles. The summed E-state index contributed by atoms with van der Waals surface area (Å²) < 4.78 is 3.73. The number of aryl methyl sites for hydroxylation is 4. The quantitative estimate of drug-likeness (QED) is 0.646. The highest BCUT2D eigenvalue weighted by atomic mass is 35.5. The van der Waals surface area contributed by atoms with Crippen molar-refractivity contribution in [3.05, 3.63) is 33.4 Å². The second-order valence-electron chi connectivity index (χ2n) is 5.51. The minimum atomic E-state index is 0.0823. The third-order valence-corrected chi connectivity index (χ3v) is 4.54. The van der Waals surface area contributed by atoms with Crippen LogP contribution in [0.2, 0.25) is 5.02 Å². The topological polar surface area (TPSA) is 73.7 Å². The van der Waals surface area contributed by atoms with Crippen LogP contribution in [0, 0.1) is 20.8 Å². The van der Waals surface area contributed by atoms with Gasteiger partial charge in [-0.2, -0.15) is 10.2 Å². The first-order valence-electron chi connectivity index (χ1n) is 6.98. The lowest BCUT2D eigenvalue weighted by atomic mass is 10.0. The van der Waals surface area contributed by atoms with Crippen LogP contribution in [0.15, 0.2) is 0 Å². The minimum absolute atomic E-state index is 0.0823. The average molecular weight is 311 g/mol. The Balaban J connectivity index is 2.21. The number of rotatable bonds is 5. The van der Waals surface area contributed by atoms with Gasteiger partial charge in [0, 0.05) is 32.3 Å². The summed E-state index contributed by atoms with van der Waals surface area (Å²) in [7, 11) is 3.86. The van der Waals surface area contributed by atoms with E-state index in [4.69, 9.17) is 17.4 Å². The number of hydrazine groups is 1. The molecule has 0 aliphatic carbocycles. The molecule has 0 saturated carbocycles. The molecule has 0 spiro atoms. The van der Waals surface area contributed by atoms with E-state index in [1.165, 1.54) is 11.3 Å². The van der Waals surface area contributed by atoms with Crippen LogP contribution in [0.5, 0.6) is 0 Å². The van der Waals surface area contributed by atoms with Gasteiger partial charge in [0.05, 0.1) is 22.1 Å². The highest BCUT2D eigenvalue weighted by Gasteiger charge is 2.19. The summed E-state index contributed by atoms with van der Waals surface area (Å²) >= 11 is 6.32. The first-order valence-corrected chi connectivity index (χ1v) is 7.36. The Bertz CT molecular complexity index is 588. The van der Waals surface area contributed by atoms with Gasteiger partial charge in [-0.05, 0) is 32.8 Å². The summed E-state index contributed by atoms with van der Waals surface area (Å²) in [5.41, 5.74) is 8.17. The molecule has 0 aliphatic heterocycles. The van der Waals surface area contributed by atoms with Crippen LogP contribution in [-0.2, 0) is 26.9 Å². The lowest BCUT2D eigenvalue weighted by Crippen LogP contribution is -2.39. The van der Waals surface area contributed by atoms with Gasteiger partial charge in [-0.3, -0.25) is 20.6 Å². The SMILES string of the molecule is Cc1nn(C)c(CC(Cc2c(C)nn(C)c2C)NN)c1Cl.